The van der Waals surface area contributed by atoms with E-state index in [2.05, 4.69) is 0 Å². The van der Waals surface area contributed by atoms with Gasteiger partial charge in [-0.3, -0.25) is 4.79 Å². The molecule has 110 valence electrons. The Kier molecular flexibility index (Phi) is 3.54. The zero-order chi connectivity index (χ0) is 15.1. The normalized spacial score (nSPS) is 20.8. The summed E-state index contributed by atoms with van der Waals surface area (Å²) in [7, 11) is 0. The van der Waals surface area contributed by atoms with E-state index in [1.54, 1.807) is 12.1 Å². The number of nitrogen functional groups attached to an aromatic ring is 1. The second-order valence-corrected chi connectivity index (χ2v) is 6.85. The van der Waals surface area contributed by atoms with Crippen LogP contribution in [0.5, 0.6) is 0 Å². The van der Waals surface area contributed by atoms with E-state index < -0.39 is 0 Å². The minimum Gasteiger partial charge on any atom is -0.399 e. The average molecular weight is 276 g/mol. The molecule has 1 amide bonds. The van der Waals surface area contributed by atoms with Crippen molar-refractivity contribution in [3.8, 4) is 0 Å². The molecule has 1 aromatic rings. The Morgan fingerprint density at radius 1 is 1.20 bits per heavy atom. The fourth-order valence-corrected chi connectivity index (χ4v) is 2.92. The van der Waals surface area contributed by atoms with Crippen LogP contribution >= 0.6 is 0 Å². The Bertz CT molecular complexity index is 519. The van der Waals surface area contributed by atoms with Crippen molar-refractivity contribution in [2.24, 2.45) is 0 Å². The molecule has 2 N–H and O–H groups in total. The van der Waals surface area contributed by atoms with Crippen LogP contribution in [0.1, 0.15) is 43.6 Å². The number of hydrogen-bond acceptors (Lipinski definition) is 3. The third kappa shape index (κ3) is 3.12. The molecule has 20 heavy (non-hydrogen) atoms. The van der Waals surface area contributed by atoms with Gasteiger partial charge in [0.05, 0.1) is 11.2 Å². The molecule has 1 fully saturated rings. The zero-order valence-corrected chi connectivity index (χ0v) is 13.0. The largest absolute Gasteiger partial charge is 0.399 e. The molecule has 0 bridgehead atoms. The van der Waals surface area contributed by atoms with Gasteiger partial charge in [-0.05, 0) is 58.4 Å². The number of rotatable bonds is 1. The van der Waals surface area contributed by atoms with Gasteiger partial charge >= 0.3 is 0 Å². The van der Waals surface area contributed by atoms with Crippen molar-refractivity contribution in [3.63, 3.8) is 0 Å². The molecule has 1 saturated heterocycles. The lowest BCUT2D eigenvalue weighted by atomic mass is 9.98. The minimum atomic E-state index is -0.333. The summed E-state index contributed by atoms with van der Waals surface area (Å²) in [5, 5.41) is 0. The molecule has 0 spiro atoms. The average Bonchev–Trinajstić information content (AvgIpc) is 2.27. The first kappa shape index (κ1) is 14.9. The summed E-state index contributed by atoms with van der Waals surface area (Å²) in [6.45, 7) is 11.2. The van der Waals surface area contributed by atoms with Gasteiger partial charge in [0.15, 0.2) is 0 Å². The van der Waals surface area contributed by atoms with Crippen LogP contribution in [-0.2, 0) is 4.74 Å². The lowest BCUT2D eigenvalue weighted by molar-refractivity contribution is -0.171. The maximum atomic E-state index is 12.7. The summed E-state index contributed by atoms with van der Waals surface area (Å²) in [6.07, 6.45) is 0. The quantitative estimate of drug-likeness (QED) is 0.802. The van der Waals surface area contributed by atoms with Gasteiger partial charge in [0, 0.05) is 24.3 Å². The first-order valence-corrected chi connectivity index (χ1v) is 6.95. The second kappa shape index (κ2) is 4.77. The van der Waals surface area contributed by atoms with Crippen LogP contribution in [0.15, 0.2) is 18.2 Å². The highest BCUT2D eigenvalue weighted by Gasteiger charge is 2.40. The van der Waals surface area contributed by atoms with Gasteiger partial charge < -0.3 is 15.4 Å². The monoisotopic (exact) mass is 276 g/mol. The van der Waals surface area contributed by atoms with Gasteiger partial charge in [0.2, 0.25) is 0 Å². The molecule has 1 aliphatic rings. The number of amides is 1. The van der Waals surface area contributed by atoms with Crippen molar-refractivity contribution in [2.75, 3.05) is 18.8 Å². The third-order valence-corrected chi connectivity index (χ3v) is 3.50. The predicted molar refractivity (Wildman–Crippen MR) is 80.7 cm³/mol. The van der Waals surface area contributed by atoms with E-state index in [4.69, 9.17) is 10.5 Å². The van der Waals surface area contributed by atoms with Crippen LogP contribution in [0.3, 0.4) is 0 Å². The number of carbonyl (C=O) groups excluding carboxylic acids is 1. The maximum Gasteiger partial charge on any atom is 0.254 e. The molecule has 0 aliphatic carbocycles. The predicted octanol–water partition coefficient (Wildman–Crippen LogP) is 2.61. The van der Waals surface area contributed by atoms with Crippen molar-refractivity contribution >= 4 is 11.6 Å². The fourth-order valence-electron chi connectivity index (χ4n) is 2.92. The minimum absolute atomic E-state index is 0.0394. The first-order valence-electron chi connectivity index (χ1n) is 6.95. The molecule has 1 aliphatic heterocycles. The highest BCUT2D eigenvalue weighted by molar-refractivity contribution is 5.95. The van der Waals surface area contributed by atoms with E-state index >= 15 is 0 Å². The van der Waals surface area contributed by atoms with Crippen molar-refractivity contribution in [3.05, 3.63) is 29.3 Å². The number of aryl methyl sites for hydroxylation is 1. The van der Waals surface area contributed by atoms with Crippen molar-refractivity contribution in [2.45, 2.75) is 45.8 Å². The number of anilines is 1. The van der Waals surface area contributed by atoms with Crippen LogP contribution in [-0.4, -0.2) is 35.1 Å². The second-order valence-electron chi connectivity index (χ2n) is 6.85. The number of carbonyl (C=O) groups is 1. The smallest absolute Gasteiger partial charge is 0.254 e. The molecule has 1 aromatic carbocycles. The molecule has 1 heterocycles. The summed E-state index contributed by atoms with van der Waals surface area (Å²) >= 11 is 0. The van der Waals surface area contributed by atoms with Gasteiger partial charge in [0.25, 0.3) is 5.91 Å². The number of morpholine rings is 1. The molecule has 0 aromatic heterocycles. The van der Waals surface area contributed by atoms with Crippen LogP contribution in [0.4, 0.5) is 5.69 Å². The van der Waals surface area contributed by atoms with Crippen LogP contribution in [0, 0.1) is 6.92 Å². The summed E-state index contributed by atoms with van der Waals surface area (Å²) in [5.41, 5.74) is 7.47. The van der Waals surface area contributed by atoms with Crippen molar-refractivity contribution < 1.29 is 9.53 Å². The number of ether oxygens (including phenoxy) is 1. The highest BCUT2D eigenvalue weighted by Crippen LogP contribution is 2.29. The van der Waals surface area contributed by atoms with Crippen LogP contribution < -0.4 is 5.73 Å². The molecule has 0 saturated carbocycles. The van der Waals surface area contributed by atoms with Crippen LogP contribution in [0.2, 0.25) is 0 Å². The van der Waals surface area contributed by atoms with E-state index in [9.17, 15) is 4.79 Å². The number of benzene rings is 1. The Balaban J connectivity index is 2.26. The summed E-state index contributed by atoms with van der Waals surface area (Å²) < 4.78 is 6.01. The fraction of sp³-hybridized carbons (Fsp3) is 0.562. The maximum absolute atomic E-state index is 12.7. The topological polar surface area (TPSA) is 55.6 Å². The molecule has 2 rings (SSSR count). The van der Waals surface area contributed by atoms with E-state index in [1.165, 1.54) is 0 Å². The van der Waals surface area contributed by atoms with Gasteiger partial charge in [-0.25, -0.2) is 0 Å². The Morgan fingerprint density at radius 2 is 1.75 bits per heavy atom. The van der Waals surface area contributed by atoms with Crippen molar-refractivity contribution in [1.29, 1.82) is 0 Å². The molecule has 0 radical (unpaired) electrons. The zero-order valence-electron chi connectivity index (χ0n) is 13.0. The van der Waals surface area contributed by atoms with Crippen LogP contribution in [0.25, 0.3) is 0 Å². The Hall–Kier alpha value is -1.55. The van der Waals surface area contributed by atoms with E-state index in [0.29, 0.717) is 24.3 Å². The highest BCUT2D eigenvalue weighted by atomic mass is 16.5. The van der Waals surface area contributed by atoms with E-state index in [0.717, 1.165) is 5.56 Å². The molecule has 4 heteroatoms. The summed E-state index contributed by atoms with van der Waals surface area (Å²) in [5.74, 6) is 0.0394. The van der Waals surface area contributed by atoms with Gasteiger partial charge in [-0.1, -0.05) is 0 Å². The third-order valence-electron chi connectivity index (χ3n) is 3.50. The van der Waals surface area contributed by atoms with E-state index in [-0.39, 0.29) is 17.1 Å². The summed E-state index contributed by atoms with van der Waals surface area (Å²) in [4.78, 5) is 14.5. The van der Waals surface area contributed by atoms with Gasteiger partial charge in [-0.15, -0.1) is 0 Å². The Morgan fingerprint density at radius 3 is 2.25 bits per heavy atom. The SMILES string of the molecule is Cc1cc(C(=O)N2CC(C)(C)OC(C)(C)C2)ccc1N. The lowest BCUT2D eigenvalue weighted by Gasteiger charge is -2.47. The number of nitrogens with zero attached hydrogens (tertiary/aromatic N) is 1. The molecule has 0 atom stereocenters. The lowest BCUT2D eigenvalue weighted by Crippen LogP contribution is -2.58. The standard InChI is InChI=1S/C16H24N2O2/c1-11-8-12(6-7-13(11)17)14(19)18-9-15(2,3)20-16(4,5)10-18/h6-8H,9-10,17H2,1-5H3. The van der Waals surface area contributed by atoms with Gasteiger partial charge in [-0.2, -0.15) is 0 Å². The number of hydrogen-bond donors (Lipinski definition) is 1. The Labute approximate surface area is 120 Å². The molecular formula is C16H24N2O2. The van der Waals surface area contributed by atoms with Crippen molar-refractivity contribution in [1.82, 2.24) is 4.90 Å². The molecular weight excluding hydrogens is 252 g/mol. The first-order chi connectivity index (χ1) is 9.10. The summed E-state index contributed by atoms with van der Waals surface area (Å²) in [6, 6.07) is 5.44. The van der Waals surface area contributed by atoms with Gasteiger partial charge in [0.1, 0.15) is 0 Å². The molecule has 0 unspecified atom stereocenters. The van der Waals surface area contributed by atoms with E-state index in [1.807, 2.05) is 45.6 Å². The number of nitrogens with two attached hydrogens (primary N) is 1. The molecule has 4 nitrogen and oxygen atoms in total.